The molecule has 0 aromatic heterocycles. The average molecular weight is 438 g/mol. The van der Waals surface area contributed by atoms with Gasteiger partial charge in [0.05, 0.1) is 16.7 Å². The Labute approximate surface area is 185 Å². The third-order valence-corrected chi connectivity index (χ3v) is 5.46. The summed E-state index contributed by atoms with van der Waals surface area (Å²) in [5.41, 5.74) is 2.16. The van der Waals surface area contributed by atoms with Crippen LogP contribution in [0.4, 0.5) is 0 Å². The van der Waals surface area contributed by atoms with Crippen LogP contribution in [0.3, 0.4) is 0 Å². The van der Waals surface area contributed by atoms with Crippen LogP contribution in [0.25, 0.3) is 0 Å². The van der Waals surface area contributed by atoms with E-state index in [1.165, 1.54) is 44.1 Å². The van der Waals surface area contributed by atoms with E-state index >= 15 is 0 Å². The highest BCUT2D eigenvalue weighted by Gasteiger charge is 2.08. The van der Waals surface area contributed by atoms with E-state index in [-0.39, 0.29) is 0 Å². The van der Waals surface area contributed by atoms with E-state index in [4.69, 9.17) is 32.7 Å². The van der Waals surface area contributed by atoms with E-state index in [1.807, 2.05) is 25.1 Å². The fraction of sp³-hybridized carbons (Fsp3) is 0.500. The Balaban J connectivity index is 1.83. The van der Waals surface area contributed by atoms with Crippen LogP contribution in [0, 0.1) is 0 Å². The Hall–Kier alpha value is -1.42. The van der Waals surface area contributed by atoms with Crippen molar-refractivity contribution in [3.63, 3.8) is 0 Å². The van der Waals surface area contributed by atoms with Crippen molar-refractivity contribution in [3.05, 3.63) is 57.6 Å². The molecule has 0 fully saturated rings. The fourth-order valence-corrected chi connectivity index (χ4v) is 3.42. The maximum Gasteiger partial charge on any atom is 0.161 e. The smallest absolute Gasteiger partial charge is 0.161 e. The second kappa shape index (κ2) is 13.7. The molecule has 0 unspecified atom stereocenters. The number of ether oxygens (including phenoxy) is 2. The summed E-state index contributed by atoms with van der Waals surface area (Å²) in [5, 5.41) is 4.60. The minimum atomic E-state index is 0.409. The molecule has 0 bridgehead atoms. The molecule has 2 aromatic carbocycles. The van der Waals surface area contributed by atoms with Crippen molar-refractivity contribution in [1.82, 2.24) is 5.32 Å². The first-order valence-electron chi connectivity index (χ1n) is 10.7. The normalized spacial score (nSPS) is 10.9. The molecule has 0 saturated carbocycles. The molecule has 1 N–H and O–H groups in total. The molecule has 5 heteroatoms. The van der Waals surface area contributed by atoms with E-state index in [0.29, 0.717) is 23.3 Å². The zero-order valence-corrected chi connectivity index (χ0v) is 19.1. The minimum absolute atomic E-state index is 0.409. The Bertz CT molecular complexity index is 737. The lowest BCUT2D eigenvalue weighted by Gasteiger charge is -2.14. The molecule has 0 aliphatic heterocycles. The monoisotopic (exact) mass is 437 g/mol. The van der Waals surface area contributed by atoms with Gasteiger partial charge in [-0.2, -0.15) is 0 Å². The van der Waals surface area contributed by atoms with Gasteiger partial charge in [0.1, 0.15) is 6.61 Å². The van der Waals surface area contributed by atoms with Crippen molar-refractivity contribution in [1.29, 1.82) is 0 Å². The second-order valence-electron chi connectivity index (χ2n) is 7.20. The molecular weight excluding hydrogens is 405 g/mol. The molecule has 0 heterocycles. The van der Waals surface area contributed by atoms with Crippen molar-refractivity contribution in [2.45, 2.75) is 65.5 Å². The largest absolute Gasteiger partial charge is 0.490 e. The SMILES string of the molecule is CCCCCCCCNCc1ccc(OCc2ccc(Cl)c(Cl)c2)c(OCC)c1. The van der Waals surface area contributed by atoms with E-state index in [1.54, 1.807) is 6.07 Å². The van der Waals surface area contributed by atoms with Crippen LogP contribution in [0.1, 0.15) is 63.5 Å². The average Bonchev–Trinajstić information content (AvgIpc) is 2.72. The molecule has 3 nitrogen and oxygen atoms in total. The van der Waals surface area contributed by atoms with E-state index in [9.17, 15) is 0 Å². The first-order chi connectivity index (χ1) is 14.1. The van der Waals surface area contributed by atoms with Crippen molar-refractivity contribution in [2.75, 3.05) is 13.2 Å². The number of hydrogen-bond donors (Lipinski definition) is 1. The summed E-state index contributed by atoms with van der Waals surface area (Å²) in [5.74, 6) is 1.50. The predicted octanol–water partition coefficient (Wildman–Crippen LogP) is 7.42. The van der Waals surface area contributed by atoms with Crippen molar-refractivity contribution in [3.8, 4) is 11.5 Å². The first-order valence-corrected chi connectivity index (χ1v) is 11.4. The number of hydrogen-bond acceptors (Lipinski definition) is 3. The second-order valence-corrected chi connectivity index (χ2v) is 8.01. The van der Waals surface area contributed by atoms with Crippen LogP contribution in [-0.4, -0.2) is 13.2 Å². The summed E-state index contributed by atoms with van der Waals surface area (Å²) in [4.78, 5) is 0. The summed E-state index contributed by atoms with van der Waals surface area (Å²) in [6.07, 6.45) is 7.89. The molecule has 29 heavy (non-hydrogen) atoms. The van der Waals surface area contributed by atoms with Crippen LogP contribution >= 0.6 is 23.2 Å². The van der Waals surface area contributed by atoms with Crippen molar-refractivity contribution in [2.24, 2.45) is 0 Å². The Morgan fingerprint density at radius 2 is 1.52 bits per heavy atom. The standard InChI is InChI=1S/C24H33Cl2NO2/c1-3-5-6-7-8-9-14-27-17-19-11-13-23(24(16-19)28-4-2)29-18-20-10-12-21(25)22(26)15-20/h10-13,15-16,27H,3-9,14,17-18H2,1-2H3. The molecule has 0 amide bonds. The number of benzene rings is 2. The molecule has 0 spiro atoms. The van der Waals surface area contributed by atoms with Crippen LogP contribution < -0.4 is 14.8 Å². The highest BCUT2D eigenvalue weighted by Crippen LogP contribution is 2.30. The van der Waals surface area contributed by atoms with Crippen LogP contribution in [0.15, 0.2) is 36.4 Å². The Morgan fingerprint density at radius 3 is 2.28 bits per heavy atom. The zero-order valence-electron chi connectivity index (χ0n) is 17.6. The molecule has 2 aromatic rings. The third-order valence-electron chi connectivity index (χ3n) is 4.72. The van der Waals surface area contributed by atoms with Gasteiger partial charge >= 0.3 is 0 Å². The highest BCUT2D eigenvalue weighted by molar-refractivity contribution is 6.42. The van der Waals surface area contributed by atoms with Crippen LogP contribution in [-0.2, 0) is 13.2 Å². The van der Waals surface area contributed by atoms with Gasteiger partial charge in [-0.1, -0.05) is 74.4 Å². The molecule has 0 aliphatic carbocycles. The molecule has 0 aliphatic rings. The number of nitrogens with one attached hydrogen (secondary N) is 1. The maximum atomic E-state index is 6.08. The quantitative estimate of drug-likeness (QED) is 0.311. The van der Waals surface area contributed by atoms with E-state index in [2.05, 4.69) is 24.4 Å². The van der Waals surface area contributed by atoms with Gasteiger partial charge in [0, 0.05) is 6.54 Å². The van der Waals surface area contributed by atoms with Gasteiger partial charge in [0.15, 0.2) is 11.5 Å². The van der Waals surface area contributed by atoms with Crippen LogP contribution in [0.5, 0.6) is 11.5 Å². The topological polar surface area (TPSA) is 30.5 Å². The molecule has 0 atom stereocenters. The lowest BCUT2D eigenvalue weighted by atomic mass is 10.1. The summed E-state index contributed by atoms with van der Waals surface area (Å²) >= 11 is 12.1. The molecular formula is C24H33Cl2NO2. The van der Waals surface area contributed by atoms with E-state index < -0.39 is 0 Å². The van der Waals surface area contributed by atoms with Gasteiger partial charge in [0.2, 0.25) is 0 Å². The number of unbranched alkanes of at least 4 members (excludes halogenated alkanes) is 5. The number of rotatable bonds is 14. The lowest BCUT2D eigenvalue weighted by molar-refractivity contribution is 0.269. The van der Waals surface area contributed by atoms with Gasteiger partial charge in [-0.05, 0) is 55.3 Å². The summed E-state index contributed by atoms with van der Waals surface area (Å²) in [6, 6.07) is 11.6. The predicted molar refractivity (Wildman–Crippen MR) is 123 cm³/mol. The van der Waals surface area contributed by atoms with Gasteiger partial charge < -0.3 is 14.8 Å². The third kappa shape index (κ3) is 8.86. The fourth-order valence-electron chi connectivity index (χ4n) is 3.10. The summed E-state index contributed by atoms with van der Waals surface area (Å²) in [6.45, 7) is 7.12. The zero-order chi connectivity index (χ0) is 20.9. The first kappa shape index (κ1) is 23.9. The summed E-state index contributed by atoms with van der Waals surface area (Å²) in [7, 11) is 0. The maximum absolute atomic E-state index is 6.08. The minimum Gasteiger partial charge on any atom is -0.490 e. The van der Waals surface area contributed by atoms with Crippen molar-refractivity contribution >= 4 is 23.2 Å². The Morgan fingerprint density at radius 1 is 0.759 bits per heavy atom. The molecule has 0 saturated heterocycles. The number of halogens is 2. The van der Waals surface area contributed by atoms with Gasteiger partial charge in [0.25, 0.3) is 0 Å². The van der Waals surface area contributed by atoms with Gasteiger partial charge in [-0.25, -0.2) is 0 Å². The van der Waals surface area contributed by atoms with Crippen molar-refractivity contribution < 1.29 is 9.47 Å². The summed E-state index contributed by atoms with van der Waals surface area (Å²) < 4.78 is 11.8. The van der Waals surface area contributed by atoms with Crippen LogP contribution in [0.2, 0.25) is 10.0 Å². The highest BCUT2D eigenvalue weighted by atomic mass is 35.5. The molecule has 2 rings (SSSR count). The van der Waals surface area contributed by atoms with Gasteiger partial charge in [-0.3, -0.25) is 0 Å². The van der Waals surface area contributed by atoms with E-state index in [0.717, 1.165) is 30.2 Å². The lowest BCUT2D eigenvalue weighted by Crippen LogP contribution is -2.14. The Kier molecular flexibility index (Phi) is 11.3. The molecule has 160 valence electrons. The molecule has 0 radical (unpaired) electrons. The van der Waals surface area contributed by atoms with Gasteiger partial charge in [-0.15, -0.1) is 0 Å².